The number of benzene rings is 1. The molecule has 7 nitrogen and oxygen atoms in total. The van der Waals surface area contributed by atoms with Gasteiger partial charge < -0.3 is 15.0 Å². The van der Waals surface area contributed by atoms with E-state index < -0.39 is 12.1 Å². The fraction of sp³-hybridized carbons (Fsp3) is 0.320. The van der Waals surface area contributed by atoms with Gasteiger partial charge in [-0.05, 0) is 61.7 Å². The summed E-state index contributed by atoms with van der Waals surface area (Å²) in [6.07, 6.45) is -0.0806. The second kappa shape index (κ2) is 9.09. The predicted octanol–water partition coefficient (Wildman–Crippen LogP) is 5.63. The first-order chi connectivity index (χ1) is 16.8. The van der Waals surface area contributed by atoms with Crippen molar-refractivity contribution in [2.24, 2.45) is 5.92 Å². The van der Waals surface area contributed by atoms with E-state index in [1.165, 1.54) is 0 Å². The van der Waals surface area contributed by atoms with Crippen LogP contribution in [0.5, 0.6) is 5.75 Å². The molecule has 1 unspecified atom stereocenters. The van der Waals surface area contributed by atoms with E-state index in [2.05, 4.69) is 20.4 Å². The number of anilines is 3. The van der Waals surface area contributed by atoms with E-state index in [4.69, 9.17) is 4.74 Å². The van der Waals surface area contributed by atoms with Crippen LogP contribution < -0.4 is 15.0 Å². The van der Waals surface area contributed by atoms with Crippen molar-refractivity contribution in [1.82, 2.24) is 19.6 Å². The van der Waals surface area contributed by atoms with E-state index in [1.54, 1.807) is 41.1 Å². The molecule has 0 bridgehead atoms. The first-order valence-electron chi connectivity index (χ1n) is 11.4. The highest BCUT2D eigenvalue weighted by atomic mass is 19.4. The molecule has 1 atom stereocenters. The number of alkyl halides is 3. The lowest BCUT2D eigenvalue weighted by Crippen LogP contribution is -2.41. The van der Waals surface area contributed by atoms with Crippen molar-refractivity contribution in [3.8, 4) is 16.9 Å². The van der Waals surface area contributed by atoms with Crippen LogP contribution in [-0.4, -0.2) is 46.0 Å². The molecule has 182 valence electrons. The summed E-state index contributed by atoms with van der Waals surface area (Å²) in [4.78, 5) is 10.6. The average Bonchev–Trinajstić information content (AvgIpc) is 3.26. The monoisotopic (exact) mass is 482 g/mol. The Bertz CT molecular complexity index is 1350. The van der Waals surface area contributed by atoms with E-state index in [0.29, 0.717) is 36.0 Å². The molecule has 0 amide bonds. The molecule has 5 rings (SSSR count). The number of nitrogens with one attached hydrogen (secondary N) is 1. The zero-order valence-corrected chi connectivity index (χ0v) is 19.4. The molecule has 0 radical (unpaired) electrons. The van der Waals surface area contributed by atoms with Gasteiger partial charge in [0.15, 0.2) is 5.65 Å². The van der Waals surface area contributed by atoms with Crippen LogP contribution in [0.15, 0.2) is 54.9 Å². The van der Waals surface area contributed by atoms with Crippen LogP contribution in [0.3, 0.4) is 0 Å². The molecule has 35 heavy (non-hydrogen) atoms. The van der Waals surface area contributed by atoms with Gasteiger partial charge >= 0.3 is 6.18 Å². The summed E-state index contributed by atoms with van der Waals surface area (Å²) in [5.41, 5.74) is 4.71. The Morgan fingerprint density at radius 2 is 2.00 bits per heavy atom. The Hall–Kier alpha value is -3.82. The Morgan fingerprint density at radius 3 is 2.77 bits per heavy atom. The minimum atomic E-state index is -4.20. The molecule has 1 saturated heterocycles. The van der Waals surface area contributed by atoms with Crippen LogP contribution in [0.1, 0.15) is 18.5 Å². The van der Waals surface area contributed by atoms with Gasteiger partial charge in [0, 0.05) is 48.5 Å². The minimum absolute atomic E-state index is 0.0774. The highest BCUT2D eigenvalue weighted by Crippen LogP contribution is 2.36. The zero-order chi connectivity index (χ0) is 24.6. The van der Waals surface area contributed by atoms with Crippen molar-refractivity contribution in [3.05, 3.63) is 60.6 Å². The molecule has 3 aromatic heterocycles. The first-order valence-corrected chi connectivity index (χ1v) is 11.4. The summed E-state index contributed by atoms with van der Waals surface area (Å²) in [6.45, 7) is 2.41. The number of piperidine rings is 1. The summed E-state index contributed by atoms with van der Waals surface area (Å²) in [6, 6.07) is 13.2. The summed E-state index contributed by atoms with van der Waals surface area (Å²) in [5.74, 6) is -0.319. The third-order valence-corrected chi connectivity index (χ3v) is 6.23. The van der Waals surface area contributed by atoms with Crippen LogP contribution in [0.2, 0.25) is 0 Å². The van der Waals surface area contributed by atoms with Crippen molar-refractivity contribution in [3.63, 3.8) is 0 Å². The van der Waals surface area contributed by atoms with E-state index in [1.807, 2.05) is 37.3 Å². The third kappa shape index (κ3) is 4.73. The van der Waals surface area contributed by atoms with Crippen molar-refractivity contribution >= 4 is 23.0 Å². The largest absolute Gasteiger partial charge is 0.496 e. The number of hydrogen-bond acceptors (Lipinski definition) is 6. The maximum atomic E-state index is 13.3. The number of rotatable bonds is 5. The zero-order valence-electron chi connectivity index (χ0n) is 19.4. The van der Waals surface area contributed by atoms with Crippen LogP contribution in [-0.2, 0) is 0 Å². The van der Waals surface area contributed by atoms with Gasteiger partial charge in [0.25, 0.3) is 0 Å². The number of halogens is 3. The standard InChI is InChI=1S/C25H25F3N6O/c1-16-13-17(9-10-29-16)20-8-7-19(14-22(20)35-2)30-24-31-23-21(6-4-12-34(23)32-24)33-11-3-5-18(15-33)25(26,27)28/h4,6-10,12-14,18H,3,5,11,15H2,1-2H3,(H,30,32). The number of nitrogens with zero attached hydrogens (tertiary/aromatic N) is 5. The second-order valence-corrected chi connectivity index (χ2v) is 8.65. The average molecular weight is 483 g/mol. The van der Waals surface area contributed by atoms with Gasteiger partial charge in [-0.15, -0.1) is 5.10 Å². The summed E-state index contributed by atoms with van der Waals surface area (Å²) in [5, 5.41) is 7.66. The number of fused-ring (bicyclic) bond motifs is 1. The molecule has 0 saturated carbocycles. The maximum Gasteiger partial charge on any atom is 0.393 e. The summed E-state index contributed by atoms with van der Waals surface area (Å²) >= 11 is 0. The summed E-state index contributed by atoms with van der Waals surface area (Å²) < 4.78 is 47.2. The molecular formula is C25H25F3N6O. The lowest BCUT2D eigenvalue weighted by molar-refractivity contribution is -0.175. The smallest absolute Gasteiger partial charge is 0.393 e. The number of hydrogen-bond donors (Lipinski definition) is 1. The lowest BCUT2D eigenvalue weighted by Gasteiger charge is -2.35. The van der Waals surface area contributed by atoms with E-state index in [0.717, 1.165) is 22.5 Å². The van der Waals surface area contributed by atoms with Gasteiger partial charge in [-0.3, -0.25) is 4.98 Å². The molecule has 1 aliphatic heterocycles. The number of methoxy groups -OCH3 is 1. The number of ether oxygens (including phenoxy) is 1. The third-order valence-electron chi connectivity index (χ3n) is 6.23. The Balaban J connectivity index is 1.42. The van der Waals surface area contributed by atoms with E-state index >= 15 is 0 Å². The van der Waals surface area contributed by atoms with Gasteiger partial charge in [0.1, 0.15) is 5.75 Å². The molecule has 10 heteroatoms. The molecule has 0 aliphatic carbocycles. The van der Waals surface area contributed by atoms with Crippen LogP contribution >= 0.6 is 0 Å². The maximum absolute atomic E-state index is 13.3. The fourth-order valence-corrected chi connectivity index (χ4v) is 4.50. The van der Waals surface area contributed by atoms with E-state index in [-0.39, 0.29) is 13.0 Å². The second-order valence-electron chi connectivity index (χ2n) is 8.65. The molecule has 1 N–H and O–H groups in total. The Labute approximate surface area is 200 Å². The van der Waals surface area contributed by atoms with Crippen LogP contribution in [0.25, 0.3) is 16.8 Å². The van der Waals surface area contributed by atoms with Crippen molar-refractivity contribution in [2.45, 2.75) is 25.9 Å². The number of aromatic nitrogens is 4. The van der Waals surface area contributed by atoms with Crippen molar-refractivity contribution in [2.75, 3.05) is 30.4 Å². The predicted molar refractivity (Wildman–Crippen MR) is 128 cm³/mol. The topological polar surface area (TPSA) is 67.6 Å². The molecule has 4 aromatic rings. The van der Waals surface area contributed by atoms with Crippen molar-refractivity contribution < 1.29 is 17.9 Å². The molecule has 0 spiro atoms. The lowest BCUT2D eigenvalue weighted by atomic mass is 9.97. The molecule has 1 aliphatic rings. The summed E-state index contributed by atoms with van der Waals surface area (Å²) in [7, 11) is 1.61. The fourth-order valence-electron chi connectivity index (χ4n) is 4.50. The van der Waals surface area contributed by atoms with Gasteiger partial charge in [-0.25, -0.2) is 4.52 Å². The number of pyridine rings is 2. The minimum Gasteiger partial charge on any atom is -0.496 e. The normalized spacial score (nSPS) is 16.5. The molecule has 1 aromatic carbocycles. The van der Waals surface area contributed by atoms with E-state index in [9.17, 15) is 13.2 Å². The Kier molecular flexibility index (Phi) is 5.96. The van der Waals surface area contributed by atoms with Gasteiger partial charge in [-0.2, -0.15) is 18.2 Å². The Morgan fingerprint density at radius 1 is 1.14 bits per heavy atom. The quantitative estimate of drug-likeness (QED) is 0.398. The van der Waals surface area contributed by atoms with Crippen LogP contribution in [0.4, 0.5) is 30.5 Å². The highest BCUT2D eigenvalue weighted by molar-refractivity contribution is 5.75. The highest BCUT2D eigenvalue weighted by Gasteiger charge is 2.42. The molecule has 1 fully saturated rings. The molecular weight excluding hydrogens is 457 g/mol. The van der Waals surface area contributed by atoms with Crippen molar-refractivity contribution in [1.29, 1.82) is 0 Å². The number of aryl methyl sites for hydroxylation is 1. The van der Waals surface area contributed by atoms with Crippen LogP contribution in [0, 0.1) is 12.8 Å². The van der Waals surface area contributed by atoms with Gasteiger partial charge in [-0.1, -0.05) is 0 Å². The van der Waals surface area contributed by atoms with Gasteiger partial charge in [0.2, 0.25) is 5.95 Å². The van der Waals surface area contributed by atoms with Gasteiger partial charge in [0.05, 0.1) is 18.7 Å². The molecule has 4 heterocycles. The first kappa shape index (κ1) is 22.9. The SMILES string of the molecule is COc1cc(Nc2nc3c(N4CCCC(C(F)(F)F)C4)cccn3n2)ccc1-c1ccnc(C)c1.